The Hall–Kier alpha value is -3.22. The third-order valence-electron chi connectivity index (χ3n) is 9.28. The van der Waals surface area contributed by atoms with E-state index in [0.29, 0.717) is 35.5 Å². The molecule has 6 heteroatoms. The number of aliphatic hydroxyl groups is 1. The molecule has 3 aromatic rings. The van der Waals surface area contributed by atoms with E-state index < -0.39 is 6.10 Å². The van der Waals surface area contributed by atoms with Crippen molar-refractivity contribution >= 4 is 10.9 Å². The first kappa shape index (κ1) is 31.2. The number of nitrogens with one attached hydrogen (secondary N) is 2. The standard InChI is InChI=1S/C37H50N4O2/c1-7-12-27-29(34(42)8-2)21-33-35-31(23-41(33)36(27)43)30(28-19-24-13-10-14-25(24)20-32(28)40-35)22-39-26(16-18-38-9-3)15-11-17-37(4,5)6/h8-9,19-21,26,34,38-39,42H,2-3,7,10-18,22-23H2,1,4-6H3. The Bertz CT molecular complexity index is 1560. The van der Waals surface area contributed by atoms with Crippen LogP contribution in [0.5, 0.6) is 0 Å². The van der Waals surface area contributed by atoms with Gasteiger partial charge in [-0.05, 0) is 97.0 Å². The fraction of sp³-hybridized carbons (Fsp3) is 0.514. The molecule has 3 heterocycles. The molecule has 1 aliphatic carbocycles. The van der Waals surface area contributed by atoms with Crippen molar-refractivity contribution in [2.75, 3.05) is 6.54 Å². The van der Waals surface area contributed by atoms with Crippen LogP contribution in [-0.4, -0.2) is 27.2 Å². The summed E-state index contributed by atoms with van der Waals surface area (Å²) in [5.74, 6) is 0. The molecular weight excluding hydrogens is 532 g/mol. The molecule has 43 heavy (non-hydrogen) atoms. The van der Waals surface area contributed by atoms with Crippen LogP contribution < -0.4 is 16.2 Å². The first-order chi connectivity index (χ1) is 20.6. The molecule has 0 saturated heterocycles. The molecule has 0 radical (unpaired) electrons. The Morgan fingerprint density at radius 3 is 2.58 bits per heavy atom. The number of hydrogen-bond acceptors (Lipinski definition) is 5. The van der Waals surface area contributed by atoms with Crippen LogP contribution in [0.25, 0.3) is 22.3 Å². The van der Waals surface area contributed by atoms with Gasteiger partial charge in [-0.2, -0.15) is 0 Å². The van der Waals surface area contributed by atoms with Crippen LogP contribution in [0.15, 0.2) is 48.4 Å². The summed E-state index contributed by atoms with van der Waals surface area (Å²) in [5, 5.41) is 19.2. The van der Waals surface area contributed by atoms with E-state index in [0.717, 1.165) is 67.7 Å². The van der Waals surface area contributed by atoms with Crippen LogP contribution in [0.4, 0.5) is 0 Å². The van der Waals surface area contributed by atoms with Gasteiger partial charge in [-0.15, -0.1) is 6.58 Å². The number of benzene rings is 1. The average Bonchev–Trinajstić information content (AvgIpc) is 3.58. The van der Waals surface area contributed by atoms with Gasteiger partial charge in [0, 0.05) is 35.6 Å². The fourth-order valence-corrected chi connectivity index (χ4v) is 6.97. The van der Waals surface area contributed by atoms with Gasteiger partial charge in [0.1, 0.15) is 0 Å². The zero-order valence-electron chi connectivity index (χ0n) is 26.7. The van der Waals surface area contributed by atoms with Crippen molar-refractivity contribution in [2.24, 2.45) is 5.41 Å². The minimum absolute atomic E-state index is 0.0192. The van der Waals surface area contributed by atoms with Crippen LogP contribution in [0.2, 0.25) is 0 Å². The molecule has 1 aromatic carbocycles. The van der Waals surface area contributed by atoms with Crippen LogP contribution in [0.1, 0.15) is 106 Å². The molecule has 2 unspecified atom stereocenters. The molecule has 5 rings (SSSR count). The molecule has 0 spiro atoms. The van der Waals surface area contributed by atoms with Crippen molar-refractivity contribution in [3.8, 4) is 11.4 Å². The first-order valence-electron chi connectivity index (χ1n) is 16.3. The van der Waals surface area contributed by atoms with Gasteiger partial charge in [-0.25, -0.2) is 4.98 Å². The van der Waals surface area contributed by atoms with E-state index in [-0.39, 0.29) is 5.56 Å². The van der Waals surface area contributed by atoms with Crippen molar-refractivity contribution < 1.29 is 5.11 Å². The summed E-state index contributed by atoms with van der Waals surface area (Å²) in [6, 6.07) is 7.00. The minimum Gasteiger partial charge on any atom is -0.391 e. The highest BCUT2D eigenvalue weighted by Gasteiger charge is 2.30. The van der Waals surface area contributed by atoms with Crippen LogP contribution in [0, 0.1) is 5.41 Å². The van der Waals surface area contributed by atoms with Gasteiger partial charge < -0.3 is 20.3 Å². The van der Waals surface area contributed by atoms with E-state index in [1.54, 1.807) is 6.20 Å². The largest absolute Gasteiger partial charge is 0.391 e. The van der Waals surface area contributed by atoms with Crippen molar-refractivity contribution in [3.05, 3.63) is 87.4 Å². The van der Waals surface area contributed by atoms with Crippen molar-refractivity contribution in [2.45, 2.75) is 111 Å². The maximum absolute atomic E-state index is 13.9. The SMILES string of the molecule is C=CNCCC(CCCC(C)(C)C)NCc1c2c(nc3cc4c(cc13)CCC4)-c1cc(C(O)C=C)c(CCC)c(=O)n1C2. The van der Waals surface area contributed by atoms with Crippen LogP contribution >= 0.6 is 0 Å². The van der Waals surface area contributed by atoms with E-state index in [9.17, 15) is 9.90 Å². The van der Waals surface area contributed by atoms with Gasteiger partial charge >= 0.3 is 0 Å². The number of aliphatic hydroxyl groups excluding tert-OH is 1. The number of nitrogens with zero attached hydrogens (tertiary/aromatic N) is 2. The first-order valence-corrected chi connectivity index (χ1v) is 16.3. The summed E-state index contributed by atoms with van der Waals surface area (Å²) in [6.07, 6.45) is 11.7. The zero-order chi connectivity index (χ0) is 30.7. The smallest absolute Gasteiger partial charge is 0.254 e. The predicted octanol–water partition coefficient (Wildman–Crippen LogP) is 6.88. The topological polar surface area (TPSA) is 79.2 Å². The summed E-state index contributed by atoms with van der Waals surface area (Å²) >= 11 is 0. The highest BCUT2D eigenvalue weighted by Crippen LogP contribution is 2.39. The van der Waals surface area contributed by atoms with Gasteiger partial charge in [0.25, 0.3) is 5.56 Å². The fourth-order valence-electron chi connectivity index (χ4n) is 6.97. The third-order valence-corrected chi connectivity index (χ3v) is 9.28. The van der Waals surface area contributed by atoms with E-state index in [2.05, 4.69) is 63.6 Å². The second kappa shape index (κ2) is 13.2. The van der Waals surface area contributed by atoms with Gasteiger partial charge in [0.15, 0.2) is 0 Å². The Kier molecular flexibility index (Phi) is 9.57. The molecule has 6 nitrogen and oxygen atoms in total. The van der Waals surface area contributed by atoms with E-state index in [1.165, 1.54) is 47.4 Å². The molecule has 1 aliphatic heterocycles. The lowest BCUT2D eigenvalue weighted by molar-refractivity contribution is 0.227. The number of aromatic nitrogens is 2. The Morgan fingerprint density at radius 2 is 1.88 bits per heavy atom. The van der Waals surface area contributed by atoms with E-state index >= 15 is 0 Å². The lowest BCUT2D eigenvalue weighted by Crippen LogP contribution is -2.32. The van der Waals surface area contributed by atoms with E-state index in [1.807, 2.05) is 10.6 Å². The maximum atomic E-state index is 13.9. The highest BCUT2D eigenvalue weighted by molar-refractivity contribution is 5.89. The normalized spacial score (nSPS) is 15.2. The van der Waals surface area contributed by atoms with Gasteiger partial charge in [0.05, 0.1) is 29.6 Å². The summed E-state index contributed by atoms with van der Waals surface area (Å²) < 4.78 is 1.88. The Labute approximate surface area is 257 Å². The zero-order valence-corrected chi connectivity index (χ0v) is 26.7. The van der Waals surface area contributed by atoms with Gasteiger partial charge in [-0.1, -0.05) is 53.2 Å². The molecule has 0 fully saturated rings. The summed E-state index contributed by atoms with van der Waals surface area (Å²) in [5.41, 5.74) is 9.51. The molecule has 2 aliphatic rings. The quantitative estimate of drug-likeness (QED) is 0.112. The molecule has 2 atom stereocenters. The molecule has 0 bridgehead atoms. The van der Waals surface area contributed by atoms with Crippen molar-refractivity contribution in [1.29, 1.82) is 0 Å². The average molecular weight is 583 g/mol. The van der Waals surface area contributed by atoms with Gasteiger partial charge in [0.2, 0.25) is 0 Å². The molecular formula is C37H50N4O2. The highest BCUT2D eigenvalue weighted by atomic mass is 16.3. The summed E-state index contributed by atoms with van der Waals surface area (Å²) in [4.78, 5) is 19.1. The van der Waals surface area contributed by atoms with E-state index in [4.69, 9.17) is 4.98 Å². The number of hydrogen-bond donors (Lipinski definition) is 3. The second-order valence-corrected chi connectivity index (χ2v) is 13.7. The number of aryl methyl sites for hydroxylation is 2. The van der Waals surface area contributed by atoms with Crippen molar-refractivity contribution in [1.82, 2.24) is 20.2 Å². The second-order valence-electron chi connectivity index (χ2n) is 13.7. The number of pyridine rings is 2. The predicted molar refractivity (Wildman–Crippen MR) is 178 cm³/mol. The third kappa shape index (κ3) is 6.66. The van der Waals surface area contributed by atoms with Crippen molar-refractivity contribution in [3.63, 3.8) is 0 Å². The van der Waals surface area contributed by atoms with Gasteiger partial charge in [-0.3, -0.25) is 4.79 Å². The molecule has 0 amide bonds. The molecule has 0 saturated carbocycles. The Balaban J connectivity index is 1.57. The molecule has 2 aromatic heterocycles. The monoisotopic (exact) mass is 582 g/mol. The minimum atomic E-state index is -0.882. The molecule has 3 N–H and O–H groups in total. The van der Waals surface area contributed by atoms with Crippen LogP contribution in [0.3, 0.4) is 0 Å². The summed E-state index contributed by atoms with van der Waals surface area (Å²) in [6.45, 7) is 18.7. The Morgan fingerprint density at radius 1 is 1.12 bits per heavy atom. The number of fused-ring (bicyclic) bond motifs is 5. The number of rotatable bonds is 14. The molecule has 230 valence electrons. The lowest BCUT2D eigenvalue weighted by atomic mass is 9.88. The summed E-state index contributed by atoms with van der Waals surface area (Å²) in [7, 11) is 0. The van der Waals surface area contributed by atoms with Crippen LogP contribution in [-0.2, 0) is 32.4 Å². The maximum Gasteiger partial charge on any atom is 0.254 e. The lowest BCUT2D eigenvalue weighted by Gasteiger charge is -2.23.